The normalized spacial score (nSPS) is 16.6. The first-order chi connectivity index (χ1) is 16.2. The minimum absolute atomic E-state index is 0.0997. The minimum Gasteiger partial charge on any atom is -0.487 e. The molecule has 0 fully saturated rings. The van der Waals surface area contributed by atoms with Crippen molar-refractivity contribution in [3.05, 3.63) is 99.0 Å². The fraction of sp³-hybridized carbons (Fsp3) is 0.259. The molecule has 0 aromatic heterocycles. The molecule has 1 atom stereocenters. The van der Waals surface area contributed by atoms with Gasteiger partial charge in [-0.1, -0.05) is 47.5 Å². The average molecular weight is 498 g/mol. The maximum atomic E-state index is 13.4. The molecule has 1 N–H and O–H groups in total. The van der Waals surface area contributed by atoms with Gasteiger partial charge in [-0.05, 0) is 66.1 Å². The van der Waals surface area contributed by atoms with E-state index < -0.39 is 11.6 Å². The van der Waals surface area contributed by atoms with Gasteiger partial charge < -0.3 is 14.7 Å². The second kappa shape index (κ2) is 10.1. The lowest BCUT2D eigenvalue weighted by atomic mass is 9.91. The summed E-state index contributed by atoms with van der Waals surface area (Å²) in [6.07, 6.45) is 1.23. The van der Waals surface area contributed by atoms with E-state index in [1.165, 1.54) is 0 Å². The van der Waals surface area contributed by atoms with Gasteiger partial charge in [0.1, 0.15) is 11.4 Å². The van der Waals surface area contributed by atoms with Crippen LogP contribution < -0.4 is 4.74 Å². The zero-order valence-electron chi connectivity index (χ0n) is 18.8. The predicted molar refractivity (Wildman–Crippen MR) is 133 cm³/mol. The first-order valence-corrected chi connectivity index (χ1v) is 11.8. The molecule has 1 heterocycles. The van der Waals surface area contributed by atoms with E-state index in [0.29, 0.717) is 28.5 Å². The lowest BCUT2D eigenvalue weighted by molar-refractivity contribution is -0.137. The molecule has 5 nitrogen and oxygen atoms in total. The number of carbonyl (C=O) groups is 2. The van der Waals surface area contributed by atoms with Crippen molar-refractivity contribution in [2.75, 3.05) is 6.54 Å². The number of halogens is 2. The number of ether oxygens (including phenoxy) is 1. The Hall–Kier alpha value is -3.02. The molecule has 3 aromatic carbocycles. The molecule has 1 aliphatic rings. The van der Waals surface area contributed by atoms with Crippen LogP contribution in [0.4, 0.5) is 0 Å². The van der Waals surface area contributed by atoms with Crippen molar-refractivity contribution in [1.29, 1.82) is 0 Å². The van der Waals surface area contributed by atoms with Gasteiger partial charge in [0.25, 0.3) is 5.91 Å². The molecular weight excluding hydrogens is 473 g/mol. The van der Waals surface area contributed by atoms with Crippen molar-refractivity contribution < 1.29 is 19.4 Å². The molecule has 0 saturated carbocycles. The molecule has 176 valence electrons. The lowest BCUT2D eigenvalue weighted by Crippen LogP contribution is -2.33. The molecule has 1 aliphatic heterocycles. The third kappa shape index (κ3) is 5.91. The molecule has 1 amide bonds. The summed E-state index contributed by atoms with van der Waals surface area (Å²) in [6.45, 7) is 2.43. The summed E-state index contributed by atoms with van der Waals surface area (Å²) in [7, 11) is 0. The number of rotatable bonds is 8. The van der Waals surface area contributed by atoms with Crippen LogP contribution in [-0.4, -0.2) is 34.0 Å². The molecular formula is C27H25Cl2NO4. The molecule has 0 spiro atoms. The first-order valence-electron chi connectivity index (χ1n) is 11.0. The highest BCUT2D eigenvalue weighted by molar-refractivity contribution is 6.30. The van der Waals surface area contributed by atoms with Crippen molar-refractivity contribution in [3.8, 4) is 5.75 Å². The summed E-state index contributed by atoms with van der Waals surface area (Å²) in [6, 6.07) is 20.3. The Bertz CT molecular complexity index is 1210. The Labute approximate surface area is 208 Å². The van der Waals surface area contributed by atoms with Crippen molar-refractivity contribution in [2.24, 2.45) is 0 Å². The average Bonchev–Trinajstić information content (AvgIpc) is 3.12. The van der Waals surface area contributed by atoms with Gasteiger partial charge in [-0.2, -0.15) is 0 Å². The van der Waals surface area contributed by atoms with Crippen LogP contribution in [0.5, 0.6) is 5.75 Å². The highest BCUT2D eigenvalue weighted by atomic mass is 35.5. The van der Waals surface area contributed by atoms with Crippen molar-refractivity contribution in [2.45, 2.75) is 38.3 Å². The quantitative estimate of drug-likeness (QED) is 0.411. The Morgan fingerprint density at radius 1 is 1.00 bits per heavy atom. The van der Waals surface area contributed by atoms with E-state index in [9.17, 15) is 9.59 Å². The molecule has 3 aromatic rings. The Morgan fingerprint density at radius 2 is 1.76 bits per heavy atom. The van der Waals surface area contributed by atoms with Gasteiger partial charge in [0, 0.05) is 41.5 Å². The number of carboxylic acid groups (broad SMARTS) is 1. The van der Waals surface area contributed by atoms with Crippen molar-refractivity contribution >= 4 is 35.1 Å². The van der Waals surface area contributed by atoms with Crippen LogP contribution in [0.3, 0.4) is 0 Å². The van der Waals surface area contributed by atoms with E-state index in [4.69, 9.17) is 33.0 Å². The smallest absolute Gasteiger partial charge is 0.305 e. The summed E-state index contributed by atoms with van der Waals surface area (Å²) in [5.41, 5.74) is 3.00. The molecule has 0 bridgehead atoms. The Balaban J connectivity index is 1.52. The molecule has 7 heteroatoms. The summed E-state index contributed by atoms with van der Waals surface area (Å²) in [5.74, 6) is -0.417. The number of hydrogen-bond acceptors (Lipinski definition) is 3. The van der Waals surface area contributed by atoms with E-state index in [1.807, 2.05) is 48.5 Å². The third-order valence-corrected chi connectivity index (χ3v) is 6.35. The standard InChI is InChI=1S/C27H25Cl2NO4/c1-27(15-18-5-8-22(28)9-6-18)16-21-14-20(7-10-24(21)34-27)26(33)30(12-11-25(31)32)17-19-3-2-4-23(29)13-19/h2-10,13-14H,11-12,15-17H2,1H3,(H,31,32). The fourth-order valence-corrected chi connectivity index (χ4v) is 4.65. The van der Waals surface area contributed by atoms with E-state index in [0.717, 1.165) is 22.4 Å². The highest BCUT2D eigenvalue weighted by Crippen LogP contribution is 2.38. The van der Waals surface area contributed by atoms with E-state index in [2.05, 4.69) is 6.92 Å². The van der Waals surface area contributed by atoms with Crippen molar-refractivity contribution in [1.82, 2.24) is 4.90 Å². The highest BCUT2D eigenvalue weighted by Gasteiger charge is 2.35. The van der Waals surface area contributed by atoms with Crippen LogP contribution in [0, 0.1) is 0 Å². The number of aliphatic carboxylic acids is 1. The SMILES string of the molecule is CC1(Cc2ccc(Cl)cc2)Cc2cc(C(=O)N(CCC(=O)O)Cc3cccc(Cl)c3)ccc2O1. The van der Waals surface area contributed by atoms with Gasteiger partial charge in [0.05, 0.1) is 6.42 Å². The molecule has 4 rings (SSSR count). The Kier molecular flexibility index (Phi) is 7.15. The number of carbonyl (C=O) groups excluding carboxylic acids is 1. The number of nitrogens with zero attached hydrogens (tertiary/aromatic N) is 1. The van der Waals surface area contributed by atoms with Gasteiger partial charge >= 0.3 is 5.97 Å². The van der Waals surface area contributed by atoms with Crippen LogP contribution in [0.2, 0.25) is 10.0 Å². The van der Waals surface area contributed by atoms with Crippen LogP contribution in [-0.2, 0) is 24.2 Å². The maximum Gasteiger partial charge on any atom is 0.305 e. The molecule has 0 radical (unpaired) electrons. The summed E-state index contributed by atoms with van der Waals surface area (Å²) in [4.78, 5) is 26.1. The van der Waals surface area contributed by atoms with Gasteiger partial charge in [0.15, 0.2) is 0 Å². The largest absolute Gasteiger partial charge is 0.487 e. The van der Waals surface area contributed by atoms with E-state index in [-0.39, 0.29) is 25.4 Å². The molecule has 0 saturated heterocycles. The molecule has 1 unspecified atom stereocenters. The number of fused-ring (bicyclic) bond motifs is 1. The molecule has 34 heavy (non-hydrogen) atoms. The first kappa shape index (κ1) is 24.1. The monoisotopic (exact) mass is 497 g/mol. The summed E-state index contributed by atoms with van der Waals surface area (Å²) in [5, 5.41) is 10.4. The maximum absolute atomic E-state index is 13.4. The van der Waals surface area contributed by atoms with E-state index in [1.54, 1.807) is 23.1 Å². The topological polar surface area (TPSA) is 66.8 Å². The molecule has 0 aliphatic carbocycles. The second-order valence-electron chi connectivity index (χ2n) is 8.85. The summed E-state index contributed by atoms with van der Waals surface area (Å²) < 4.78 is 6.26. The van der Waals surface area contributed by atoms with Crippen LogP contribution in [0.25, 0.3) is 0 Å². The van der Waals surface area contributed by atoms with Gasteiger partial charge in [-0.3, -0.25) is 9.59 Å². The predicted octanol–water partition coefficient (Wildman–Crippen LogP) is 6.05. The Morgan fingerprint density at radius 3 is 2.47 bits per heavy atom. The lowest BCUT2D eigenvalue weighted by Gasteiger charge is -2.24. The number of benzene rings is 3. The van der Waals surface area contributed by atoms with Gasteiger partial charge in [-0.15, -0.1) is 0 Å². The fourth-order valence-electron chi connectivity index (χ4n) is 4.31. The number of carboxylic acids is 1. The van der Waals surface area contributed by atoms with Gasteiger partial charge in [-0.25, -0.2) is 0 Å². The summed E-state index contributed by atoms with van der Waals surface area (Å²) >= 11 is 12.1. The second-order valence-corrected chi connectivity index (χ2v) is 9.73. The van der Waals surface area contributed by atoms with Gasteiger partial charge in [0.2, 0.25) is 0 Å². The minimum atomic E-state index is -0.954. The number of amides is 1. The van der Waals surface area contributed by atoms with E-state index >= 15 is 0 Å². The van der Waals surface area contributed by atoms with Crippen LogP contribution >= 0.6 is 23.2 Å². The zero-order valence-corrected chi connectivity index (χ0v) is 20.3. The van der Waals surface area contributed by atoms with Crippen molar-refractivity contribution in [3.63, 3.8) is 0 Å². The third-order valence-electron chi connectivity index (χ3n) is 5.86. The number of hydrogen-bond donors (Lipinski definition) is 1. The van der Waals surface area contributed by atoms with Crippen LogP contribution in [0.1, 0.15) is 40.4 Å². The van der Waals surface area contributed by atoms with Crippen LogP contribution in [0.15, 0.2) is 66.7 Å². The zero-order chi connectivity index (χ0) is 24.3.